The van der Waals surface area contributed by atoms with E-state index in [-0.39, 0.29) is 15.7 Å². The van der Waals surface area contributed by atoms with Crippen molar-refractivity contribution in [1.29, 1.82) is 0 Å². The zero-order valence-electron chi connectivity index (χ0n) is 10.6. The van der Waals surface area contributed by atoms with E-state index in [1.165, 1.54) is 18.2 Å². The van der Waals surface area contributed by atoms with E-state index in [0.29, 0.717) is 16.5 Å². The fourth-order valence-corrected chi connectivity index (χ4v) is 2.93. The van der Waals surface area contributed by atoms with Gasteiger partial charge in [-0.3, -0.25) is 0 Å². The maximum atomic E-state index is 11.8. The molecule has 6 heteroatoms. The van der Waals surface area contributed by atoms with Crippen molar-refractivity contribution >= 4 is 33.0 Å². The predicted molar refractivity (Wildman–Crippen MR) is 80.7 cm³/mol. The Labute approximate surface area is 128 Å². The van der Waals surface area contributed by atoms with Gasteiger partial charge in [-0.2, -0.15) is 0 Å². The number of hydrogen-bond donors (Lipinski definition) is 0. The summed E-state index contributed by atoms with van der Waals surface area (Å²) >= 11 is 12.1. The van der Waals surface area contributed by atoms with Crippen molar-refractivity contribution in [1.82, 2.24) is 0 Å². The second-order valence-corrected chi connectivity index (χ2v) is 7.12. The van der Waals surface area contributed by atoms with Crippen LogP contribution in [-0.4, -0.2) is 14.2 Å². The Morgan fingerprint density at radius 3 is 2.25 bits per heavy atom. The number of sulfone groups is 1. The van der Waals surface area contributed by atoms with Crippen LogP contribution in [0.3, 0.4) is 0 Å². The zero-order valence-corrected chi connectivity index (χ0v) is 13.0. The number of benzene rings is 2. The molecule has 0 saturated heterocycles. The molecule has 2 rings (SSSR count). The first kappa shape index (κ1) is 15.2. The number of rotatable bonds is 4. The summed E-state index contributed by atoms with van der Waals surface area (Å²) in [5, 5.41) is 0.674. The van der Waals surface area contributed by atoms with Crippen LogP contribution < -0.4 is 4.74 Å². The molecule has 0 saturated carbocycles. The fourth-order valence-electron chi connectivity index (χ4n) is 1.57. The van der Waals surface area contributed by atoms with Crippen molar-refractivity contribution in [2.75, 3.05) is 5.75 Å². The summed E-state index contributed by atoms with van der Waals surface area (Å²) in [7, 11) is -3.28. The second kappa shape index (κ2) is 6.04. The van der Waals surface area contributed by atoms with Crippen molar-refractivity contribution in [2.45, 2.75) is 11.8 Å². The van der Waals surface area contributed by atoms with Gasteiger partial charge in [0.05, 0.1) is 20.7 Å². The van der Waals surface area contributed by atoms with Crippen LogP contribution in [0.4, 0.5) is 0 Å². The van der Waals surface area contributed by atoms with Gasteiger partial charge < -0.3 is 4.74 Å². The summed E-state index contributed by atoms with van der Waals surface area (Å²) in [4.78, 5) is 0.177. The molecule has 20 heavy (non-hydrogen) atoms. The highest BCUT2D eigenvalue weighted by Crippen LogP contribution is 2.34. The summed E-state index contributed by atoms with van der Waals surface area (Å²) < 4.78 is 29.1. The first-order valence-corrected chi connectivity index (χ1v) is 8.29. The molecule has 0 heterocycles. The summed E-state index contributed by atoms with van der Waals surface area (Å²) in [6, 6.07) is 11.3. The lowest BCUT2D eigenvalue weighted by Crippen LogP contribution is -2.03. The Morgan fingerprint density at radius 2 is 1.65 bits per heavy atom. The minimum absolute atomic E-state index is 0.0219. The molecule has 0 atom stereocenters. The predicted octanol–water partition coefficient (Wildman–Crippen LogP) is 4.58. The SMILES string of the molecule is CCS(=O)(=O)c1ccc(Oc2ccccc2Cl)c(Cl)c1. The third-order valence-corrected chi connectivity index (χ3v) is 5.04. The first-order chi connectivity index (χ1) is 9.44. The van der Waals surface area contributed by atoms with Crippen LogP contribution in [-0.2, 0) is 9.84 Å². The van der Waals surface area contributed by atoms with E-state index in [9.17, 15) is 8.42 Å². The lowest BCUT2D eigenvalue weighted by molar-refractivity contribution is 0.482. The Kier molecular flexibility index (Phi) is 4.58. The Hall–Kier alpha value is -1.23. The molecule has 2 aromatic rings. The van der Waals surface area contributed by atoms with Crippen molar-refractivity contribution in [3.05, 3.63) is 52.5 Å². The van der Waals surface area contributed by atoms with Gasteiger partial charge in [-0.25, -0.2) is 8.42 Å². The molecule has 0 spiro atoms. The third-order valence-electron chi connectivity index (χ3n) is 2.70. The highest BCUT2D eigenvalue weighted by Gasteiger charge is 2.14. The van der Waals surface area contributed by atoms with Gasteiger partial charge >= 0.3 is 0 Å². The highest BCUT2D eigenvalue weighted by molar-refractivity contribution is 7.91. The van der Waals surface area contributed by atoms with Crippen LogP contribution in [0.1, 0.15) is 6.92 Å². The Bertz CT molecular complexity index is 727. The molecule has 0 aliphatic rings. The van der Waals surface area contributed by atoms with Crippen LogP contribution in [0.25, 0.3) is 0 Å². The summed E-state index contributed by atoms with van der Waals surface area (Å²) in [6.07, 6.45) is 0. The molecule has 0 aliphatic carbocycles. The van der Waals surface area contributed by atoms with Crippen LogP contribution in [0.15, 0.2) is 47.4 Å². The van der Waals surface area contributed by atoms with E-state index in [2.05, 4.69) is 0 Å². The topological polar surface area (TPSA) is 43.4 Å². The van der Waals surface area contributed by atoms with Gasteiger partial charge in [-0.05, 0) is 30.3 Å². The Balaban J connectivity index is 2.34. The number of hydrogen-bond acceptors (Lipinski definition) is 3. The van der Waals surface area contributed by atoms with Gasteiger partial charge in [-0.15, -0.1) is 0 Å². The number of para-hydroxylation sites is 1. The van der Waals surface area contributed by atoms with Crippen molar-refractivity contribution in [3.63, 3.8) is 0 Å². The van der Waals surface area contributed by atoms with Crippen LogP contribution in [0, 0.1) is 0 Å². The molecule has 2 aromatic carbocycles. The quantitative estimate of drug-likeness (QED) is 0.824. The van der Waals surface area contributed by atoms with Crippen LogP contribution in [0.2, 0.25) is 10.0 Å². The van der Waals surface area contributed by atoms with E-state index in [1.807, 2.05) is 0 Å². The van der Waals surface area contributed by atoms with Crippen LogP contribution in [0.5, 0.6) is 11.5 Å². The monoisotopic (exact) mass is 330 g/mol. The molecule has 106 valence electrons. The molecule has 0 radical (unpaired) electrons. The summed E-state index contributed by atoms with van der Waals surface area (Å²) in [5.74, 6) is 0.839. The van der Waals surface area contributed by atoms with Crippen molar-refractivity contribution in [2.24, 2.45) is 0 Å². The Morgan fingerprint density at radius 1 is 1.00 bits per heavy atom. The van der Waals surface area contributed by atoms with Gasteiger partial charge in [-0.1, -0.05) is 42.3 Å². The second-order valence-electron chi connectivity index (χ2n) is 4.03. The van der Waals surface area contributed by atoms with E-state index < -0.39 is 9.84 Å². The highest BCUT2D eigenvalue weighted by atomic mass is 35.5. The number of halogens is 2. The van der Waals surface area contributed by atoms with Gasteiger partial charge in [0.2, 0.25) is 0 Å². The smallest absolute Gasteiger partial charge is 0.178 e. The maximum absolute atomic E-state index is 11.8. The van der Waals surface area contributed by atoms with Crippen LogP contribution >= 0.6 is 23.2 Å². The van der Waals surface area contributed by atoms with Gasteiger partial charge in [0.15, 0.2) is 9.84 Å². The molecular weight excluding hydrogens is 319 g/mol. The molecule has 0 bridgehead atoms. The largest absolute Gasteiger partial charge is 0.454 e. The standard InChI is InChI=1S/C14H12Cl2O3S/c1-2-20(17,18)10-7-8-14(12(16)9-10)19-13-6-4-3-5-11(13)15/h3-9H,2H2,1H3. The molecule has 0 amide bonds. The lowest BCUT2D eigenvalue weighted by Gasteiger charge is -2.10. The average Bonchev–Trinajstić information content (AvgIpc) is 2.43. The van der Waals surface area contributed by atoms with Gasteiger partial charge in [0.1, 0.15) is 11.5 Å². The van der Waals surface area contributed by atoms with E-state index >= 15 is 0 Å². The van der Waals surface area contributed by atoms with E-state index in [1.54, 1.807) is 31.2 Å². The minimum Gasteiger partial charge on any atom is -0.454 e. The molecular formula is C14H12Cl2O3S. The third kappa shape index (κ3) is 3.26. The first-order valence-electron chi connectivity index (χ1n) is 5.88. The van der Waals surface area contributed by atoms with E-state index in [4.69, 9.17) is 27.9 Å². The summed E-state index contributed by atoms with van der Waals surface area (Å²) in [5.41, 5.74) is 0. The lowest BCUT2D eigenvalue weighted by atomic mass is 10.3. The molecule has 0 unspecified atom stereocenters. The fraction of sp³-hybridized carbons (Fsp3) is 0.143. The van der Waals surface area contributed by atoms with Crippen molar-refractivity contribution < 1.29 is 13.2 Å². The molecule has 3 nitrogen and oxygen atoms in total. The average molecular weight is 331 g/mol. The normalized spacial score (nSPS) is 11.3. The van der Waals surface area contributed by atoms with Gasteiger partial charge in [0.25, 0.3) is 0 Å². The molecule has 0 N–H and O–H groups in total. The van der Waals surface area contributed by atoms with E-state index in [0.717, 1.165) is 0 Å². The van der Waals surface area contributed by atoms with Crippen molar-refractivity contribution in [3.8, 4) is 11.5 Å². The molecule has 0 aromatic heterocycles. The maximum Gasteiger partial charge on any atom is 0.178 e. The summed E-state index contributed by atoms with van der Waals surface area (Å²) in [6.45, 7) is 1.58. The minimum atomic E-state index is -3.28. The molecule has 0 aliphatic heterocycles. The van der Waals surface area contributed by atoms with Gasteiger partial charge in [0, 0.05) is 0 Å². The zero-order chi connectivity index (χ0) is 14.8. The molecule has 0 fully saturated rings. The number of ether oxygens (including phenoxy) is 1.